The number of nitrogens with zero attached hydrogens (tertiary/aromatic N) is 1. The molecular formula is C9H4ClF2N. The summed E-state index contributed by atoms with van der Waals surface area (Å²) in [6.07, 6.45) is 2.75. The average Bonchev–Trinajstić information content (AvgIpc) is 2.15. The number of fused-ring (bicyclic) bond motifs is 1. The standard InChI is InChI=1S/C9H4ClF2N/c10-9-5-1-2-13-4-6(5)7(11)3-8(9)12/h1-4H. The quantitative estimate of drug-likeness (QED) is 0.594. The monoisotopic (exact) mass is 199 g/mol. The normalized spacial score (nSPS) is 10.7. The zero-order valence-electron chi connectivity index (χ0n) is 6.39. The molecule has 0 aliphatic heterocycles. The van der Waals surface area contributed by atoms with Crippen molar-refractivity contribution in [1.29, 1.82) is 0 Å². The molecule has 4 heteroatoms. The molecule has 1 aromatic heterocycles. The van der Waals surface area contributed by atoms with Crippen LogP contribution in [0.4, 0.5) is 8.78 Å². The van der Waals surface area contributed by atoms with Crippen molar-refractivity contribution in [3.63, 3.8) is 0 Å². The van der Waals surface area contributed by atoms with E-state index in [1.807, 2.05) is 0 Å². The minimum atomic E-state index is -0.752. The van der Waals surface area contributed by atoms with E-state index in [0.717, 1.165) is 6.07 Å². The maximum absolute atomic E-state index is 13.1. The van der Waals surface area contributed by atoms with Crippen molar-refractivity contribution in [2.75, 3.05) is 0 Å². The molecule has 2 rings (SSSR count). The minimum absolute atomic E-state index is 0.0706. The molecule has 0 aliphatic carbocycles. The van der Waals surface area contributed by atoms with Crippen LogP contribution in [-0.4, -0.2) is 4.98 Å². The summed E-state index contributed by atoms with van der Waals surface area (Å²) in [4.78, 5) is 3.72. The lowest BCUT2D eigenvalue weighted by Gasteiger charge is -2.01. The van der Waals surface area contributed by atoms with Gasteiger partial charge in [0.15, 0.2) is 0 Å². The van der Waals surface area contributed by atoms with E-state index in [1.54, 1.807) is 0 Å². The highest BCUT2D eigenvalue weighted by Gasteiger charge is 2.09. The van der Waals surface area contributed by atoms with Gasteiger partial charge in [-0.2, -0.15) is 0 Å². The number of pyridine rings is 1. The van der Waals surface area contributed by atoms with Crippen LogP contribution in [0, 0.1) is 11.6 Å². The lowest BCUT2D eigenvalue weighted by atomic mass is 10.1. The van der Waals surface area contributed by atoms with Crippen LogP contribution in [-0.2, 0) is 0 Å². The molecule has 13 heavy (non-hydrogen) atoms. The number of hydrogen-bond donors (Lipinski definition) is 0. The SMILES string of the molecule is Fc1cc(F)c2cnccc2c1Cl. The Balaban J connectivity index is 2.97. The Kier molecular flexibility index (Phi) is 1.88. The largest absolute Gasteiger partial charge is 0.264 e. The summed E-state index contributed by atoms with van der Waals surface area (Å²) >= 11 is 5.63. The molecule has 0 saturated carbocycles. The number of hydrogen-bond acceptors (Lipinski definition) is 1. The zero-order chi connectivity index (χ0) is 9.42. The van der Waals surface area contributed by atoms with E-state index in [1.165, 1.54) is 18.5 Å². The Morgan fingerprint density at radius 1 is 1.15 bits per heavy atom. The van der Waals surface area contributed by atoms with Crippen LogP contribution in [0.15, 0.2) is 24.5 Å². The highest BCUT2D eigenvalue weighted by molar-refractivity contribution is 6.35. The van der Waals surface area contributed by atoms with Crippen molar-refractivity contribution in [3.8, 4) is 0 Å². The number of benzene rings is 1. The first-order chi connectivity index (χ1) is 6.20. The summed E-state index contributed by atoms with van der Waals surface area (Å²) < 4.78 is 26.0. The lowest BCUT2D eigenvalue weighted by molar-refractivity contribution is 0.592. The second-order valence-electron chi connectivity index (χ2n) is 2.58. The van der Waals surface area contributed by atoms with Crippen LogP contribution < -0.4 is 0 Å². The van der Waals surface area contributed by atoms with Gasteiger partial charge in [0.05, 0.1) is 5.02 Å². The third-order valence-electron chi connectivity index (χ3n) is 1.78. The van der Waals surface area contributed by atoms with Gasteiger partial charge in [0.2, 0.25) is 0 Å². The molecular weight excluding hydrogens is 196 g/mol. The molecule has 0 bridgehead atoms. The summed E-state index contributed by atoms with van der Waals surface area (Å²) in [5.41, 5.74) is 0. The van der Waals surface area contributed by atoms with Gasteiger partial charge in [-0.3, -0.25) is 4.98 Å². The molecule has 2 aromatic rings. The molecule has 0 saturated heterocycles. The fraction of sp³-hybridized carbons (Fsp3) is 0. The highest BCUT2D eigenvalue weighted by Crippen LogP contribution is 2.27. The molecule has 0 N–H and O–H groups in total. The van der Waals surface area contributed by atoms with Crippen molar-refractivity contribution < 1.29 is 8.78 Å². The van der Waals surface area contributed by atoms with Gasteiger partial charge in [-0.05, 0) is 6.07 Å². The van der Waals surface area contributed by atoms with Gasteiger partial charge in [0, 0.05) is 29.2 Å². The van der Waals surface area contributed by atoms with E-state index in [9.17, 15) is 8.78 Å². The minimum Gasteiger partial charge on any atom is -0.264 e. The fourth-order valence-electron chi connectivity index (χ4n) is 1.16. The van der Waals surface area contributed by atoms with Gasteiger partial charge in [0.1, 0.15) is 11.6 Å². The topological polar surface area (TPSA) is 12.9 Å². The zero-order valence-corrected chi connectivity index (χ0v) is 7.15. The average molecular weight is 200 g/mol. The molecule has 1 aromatic carbocycles. The van der Waals surface area contributed by atoms with Crippen LogP contribution in [0.25, 0.3) is 10.8 Å². The van der Waals surface area contributed by atoms with E-state index >= 15 is 0 Å². The van der Waals surface area contributed by atoms with Gasteiger partial charge in [-0.15, -0.1) is 0 Å². The maximum atomic E-state index is 13.1. The van der Waals surface area contributed by atoms with Gasteiger partial charge < -0.3 is 0 Å². The summed E-state index contributed by atoms with van der Waals surface area (Å²) in [7, 11) is 0. The first-order valence-corrected chi connectivity index (χ1v) is 3.95. The Bertz CT molecular complexity index is 470. The third-order valence-corrected chi connectivity index (χ3v) is 2.16. The Hall–Kier alpha value is -1.22. The number of halogens is 3. The van der Waals surface area contributed by atoms with E-state index in [2.05, 4.69) is 4.98 Å². The van der Waals surface area contributed by atoms with Gasteiger partial charge in [0.25, 0.3) is 0 Å². The molecule has 0 radical (unpaired) electrons. The second kappa shape index (κ2) is 2.92. The Morgan fingerprint density at radius 2 is 1.92 bits per heavy atom. The Morgan fingerprint density at radius 3 is 2.69 bits per heavy atom. The van der Waals surface area contributed by atoms with E-state index in [0.29, 0.717) is 5.39 Å². The van der Waals surface area contributed by atoms with Crippen molar-refractivity contribution in [1.82, 2.24) is 4.98 Å². The van der Waals surface area contributed by atoms with E-state index in [4.69, 9.17) is 11.6 Å². The van der Waals surface area contributed by atoms with Crippen LogP contribution >= 0.6 is 11.6 Å². The van der Waals surface area contributed by atoms with Crippen LogP contribution in [0.2, 0.25) is 5.02 Å². The fourth-order valence-corrected chi connectivity index (χ4v) is 1.38. The molecule has 1 heterocycles. The molecule has 0 atom stereocenters. The first kappa shape index (κ1) is 8.38. The van der Waals surface area contributed by atoms with Crippen molar-refractivity contribution in [2.24, 2.45) is 0 Å². The second-order valence-corrected chi connectivity index (χ2v) is 2.95. The lowest BCUT2D eigenvalue weighted by Crippen LogP contribution is -1.86. The molecule has 0 spiro atoms. The van der Waals surface area contributed by atoms with Gasteiger partial charge in [-0.25, -0.2) is 8.78 Å². The van der Waals surface area contributed by atoms with Crippen LogP contribution in [0.3, 0.4) is 0 Å². The molecule has 1 nitrogen and oxygen atoms in total. The van der Waals surface area contributed by atoms with Crippen molar-refractivity contribution >= 4 is 22.4 Å². The molecule has 66 valence electrons. The van der Waals surface area contributed by atoms with E-state index in [-0.39, 0.29) is 10.4 Å². The molecule has 0 fully saturated rings. The Labute approximate surface area is 78.0 Å². The smallest absolute Gasteiger partial charge is 0.145 e. The number of aromatic nitrogens is 1. The first-order valence-electron chi connectivity index (χ1n) is 3.57. The number of rotatable bonds is 0. The summed E-state index contributed by atoms with van der Waals surface area (Å²) in [5.74, 6) is -1.40. The molecule has 0 aliphatic rings. The van der Waals surface area contributed by atoms with Crippen molar-refractivity contribution in [2.45, 2.75) is 0 Å². The predicted molar refractivity (Wildman–Crippen MR) is 46.7 cm³/mol. The summed E-state index contributed by atoms with van der Waals surface area (Å²) in [6.45, 7) is 0. The van der Waals surface area contributed by atoms with Crippen LogP contribution in [0.5, 0.6) is 0 Å². The summed E-state index contributed by atoms with van der Waals surface area (Å²) in [6, 6.07) is 2.23. The van der Waals surface area contributed by atoms with Gasteiger partial charge >= 0.3 is 0 Å². The van der Waals surface area contributed by atoms with Crippen molar-refractivity contribution in [3.05, 3.63) is 41.2 Å². The highest BCUT2D eigenvalue weighted by atomic mass is 35.5. The molecule has 0 amide bonds. The van der Waals surface area contributed by atoms with Crippen LogP contribution in [0.1, 0.15) is 0 Å². The van der Waals surface area contributed by atoms with E-state index < -0.39 is 11.6 Å². The third kappa shape index (κ3) is 1.25. The van der Waals surface area contributed by atoms with Gasteiger partial charge in [-0.1, -0.05) is 11.6 Å². The molecule has 0 unspecified atom stereocenters. The summed E-state index contributed by atoms with van der Waals surface area (Å²) in [5, 5.41) is 0.502. The maximum Gasteiger partial charge on any atom is 0.145 e. The predicted octanol–water partition coefficient (Wildman–Crippen LogP) is 3.17.